The number of carbonyl (C=O) groups excluding carboxylic acids is 1. The van der Waals surface area contributed by atoms with Crippen LogP contribution < -0.4 is 4.74 Å². The van der Waals surface area contributed by atoms with Crippen molar-refractivity contribution in [1.82, 2.24) is 0 Å². The van der Waals surface area contributed by atoms with Gasteiger partial charge in [0.05, 0.1) is 7.11 Å². The largest absolute Gasteiger partial charge is 0.496 e. The van der Waals surface area contributed by atoms with Crippen molar-refractivity contribution in [2.75, 3.05) is 18.6 Å². The summed E-state index contributed by atoms with van der Waals surface area (Å²) in [5.41, 5.74) is 2.06. The summed E-state index contributed by atoms with van der Waals surface area (Å²) in [4.78, 5) is 15.2. The number of ether oxygens (including phenoxy) is 1. The fourth-order valence-corrected chi connectivity index (χ4v) is 4.97. The lowest BCUT2D eigenvalue weighted by atomic mass is 9.84. The van der Waals surface area contributed by atoms with E-state index >= 15 is 0 Å². The van der Waals surface area contributed by atoms with Crippen molar-refractivity contribution in [2.24, 2.45) is 4.99 Å². The van der Waals surface area contributed by atoms with Crippen molar-refractivity contribution in [3.8, 4) is 5.75 Å². The molecule has 2 fully saturated rings. The van der Waals surface area contributed by atoms with Gasteiger partial charge in [0.2, 0.25) is 6.08 Å². The lowest BCUT2D eigenvalue weighted by Gasteiger charge is -2.28. The fraction of sp³-hybridized carbons (Fsp3) is 0.611. The minimum absolute atomic E-state index is 0.410. The van der Waals surface area contributed by atoms with Gasteiger partial charge in [0, 0.05) is 5.56 Å². The van der Waals surface area contributed by atoms with Crippen molar-refractivity contribution >= 4 is 17.8 Å². The van der Waals surface area contributed by atoms with E-state index in [2.05, 4.69) is 23.2 Å². The standard InChI is InChI=1S/C18H23NO2S/c1-21-17-5-4-15(14-6-10-22-11-7-14)12-16(17)18(19-13-20)8-2-3-9-18/h4-5,12,14H,2-3,6-11H2,1H3. The Morgan fingerprint density at radius 2 is 2.00 bits per heavy atom. The van der Waals surface area contributed by atoms with Crippen LogP contribution >= 0.6 is 11.8 Å². The molecule has 0 unspecified atom stereocenters. The Labute approximate surface area is 136 Å². The van der Waals surface area contributed by atoms with Gasteiger partial charge >= 0.3 is 0 Å². The Balaban J connectivity index is 2.02. The summed E-state index contributed by atoms with van der Waals surface area (Å²) in [6.07, 6.45) is 8.35. The van der Waals surface area contributed by atoms with Gasteiger partial charge in [-0.2, -0.15) is 16.8 Å². The number of aliphatic imine (C=N–C) groups is 1. The van der Waals surface area contributed by atoms with E-state index in [9.17, 15) is 4.79 Å². The summed E-state index contributed by atoms with van der Waals surface area (Å²) in [6, 6.07) is 6.51. The first-order valence-corrected chi connectivity index (χ1v) is 9.30. The van der Waals surface area contributed by atoms with Crippen molar-refractivity contribution in [3.63, 3.8) is 0 Å². The van der Waals surface area contributed by atoms with Crippen LogP contribution in [0.1, 0.15) is 55.6 Å². The summed E-state index contributed by atoms with van der Waals surface area (Å²) >= 11 is 2.04. The number of benzene rings is 1. The van der Waals surface area contributed by atoms with Gasteiger partial charge in [-0.25, -0.2) is 4.79 Å². The third-order valence-electron chi connectivity index (χ3n) is 5.11. The molecule has 3 nitrogen and oxygen atoms in total. The highest BCUT2D eigenvalue weighted by molar-refractivity contribution is 7.99. The van der Waals surface area contributed by atoms with Crippen LogP contribution in [0, 0.1) is 0 Å². The van der Waals surface area contributed by atoms with E-state index in [4.69, 9.17) is 4.74 Å². The molecule has 0 N–H and O–H groups in total. The van der Waals surface area contributed by atoms with Crippen LogP contribution in [0.25, 0.3) is 0 Å². The number of thioether (sulfide) groups is 1. The third kappa shape index (κ3) is 2.95. The Kier molecular flexibility index (Phi) is 4.90. The molecule has 1 saturated carbocycles. The maximum Gasteiger partial charge on any atom is 0.235 e. The average Bonchev–Trinajstić information content (AvgIpc) is 3.05. The molecule has 0 bridgehead atoms. The SMILES string of the molecule is COc1ccc(C2CCSCC2)cc1C1(N=C=O)CCCC1. The molecule has 3 rings (SSSR count). The van der Waals surface area contributed by atoms with Gasteiger partial charge in [0.1, 0.15) is 11.3 Å². The second-order valence-electron chi connectivity index (χ2n) is 6.29. The highest BCUT2D eigenvalue weighted by atomic mass is 32.2. The van der Waals surface area contributed by atoms with Gasteiger partial charge in [-0.15, -0.1) is 0 Å². The molecule has 118 valence electrons. The van der Waals surface area contributed by atoms with Crippen molar-refractivity contribution in [1.29, 1.82) is 0 Å². The minimum Gasteiger partial charge on any atom is -0.496 e. The lowest BCUT2D eigenvalue weighted by Crippen LogP contribution is -2.21. The van der Waals surface area contributed by atoms with Crippen LogP contribution in [-0.2, 0) is 10.3 Å². The number of hydrogen-bond acceptors (Lipinski definition) is 4. The van der Waals surface area contributed by atoms with E-state index in [0.29, 0.717) is 5.92 Å². The minimum atomic E-state index is -0.410. The van der Waals surface area contributed by atoms with Crippen LogP contribution in [0.3, 0.4) is 0 Å². The maximum atomic E-state index is 11.0. The van der Waals surface area contributed by atoms with E-state index in [1.165, 1.54) is 29.9 Å². The summed E-state index contributed by atoms with van der Waals surface area (Å²) in [6.45, 7) is 0. The Bertz CT molecular complexity index is 568. The van der Waals surface area contributed by atoms with Crippen LogP contribution in [-0.4, -0.2) is 24.7 Å². The van der Waals surface area contributed by atoms with Gasteiger partial charge < -0.3 is 4.74 Å². The summed E-state index contributed by atoms with van der Waals surface area (Å²) < 4.78 is 5.58. The van der Waals surface area contributed by atoms with Gasteiger partial charge in [0.15, 0.2) is 0 Å². The third-order valence-corrected chi connectivity index (χ3v) is 6.16. The number of isocyanates is 1. The molecular weight excluding hydrogens is 294 g/mol. The molecule has 0 amide bonds. The van der Waals surface area contributed by atoms with E-state index < -0.39 is 5.54 Å². The van der Waals surface area contributed by atoms with Gasteiger partial charge in [-0.1, -0.05) is 18.9 Å². The normalized spacial score (nSPS) is 21.3. The summed E-state index contributed by atoms with van der Waals surface area (Å²) in [7, 11) is 1.70. The Morgan fingerprint density at radius 3 is 2.64 bits per heavy atom. The highest BCUT2D eigenvalue weighted by Gasteiger charge is 2.38. The molecule has 1 aliphatic carbocycles. The number of rotatable bonds is 4. The molecule has 1 heterocycles. The van der Waals surface area contributed by atoms with Crippen LogP contribution in [0.2, 0.25) is 0 Å². The predicted octanol–water partition coefficient (Wildman–Crippen LogP) is 4.41. The Hall–Kier alpha value is -1.25. The average molecular weight is 317 g/mol. The van der Waals surface area contributed by atoms with Crippen molar-refractivity contribution < 1.29 is 9.53 Å². The van der Waals surface area contributed by atoms with E-state index in [-0.39, 0.29) is 0 Å². The monoisotopic (exact) mass is 317 g/mol. The zero-order valence-corrected chi connectivity index (χ0v) is 14.0. The molecular formula is C18H23NO2S. The Morgan fingerprint density at radius 1 is 1.27 bits per heavy atom. The highest BCUT2D eigenvalue weighted by Crippen LogP contribution is 2.47. The topological polar surface area (TPSA) is 38.7 Å². The lowest BCUT2D eigenvalue weighted by molar-refractivity contribution is 0.378. The molecule has 1 saturated heterocycles. The molecule has 1 aromatic carbocycles. The molecule has 0 radical (unpaired) electrons. The van der Waals surface area contributed by atoms with Gasteiger partial charge in [-0.3, -0.25) is 0 Å². The van der Waals surface area contributed by atoms with E-state index in [1.54, 1.807) is 7.11 Å². The first-order chi connectivity index (χ1) is 10.8. The summed E-state index contributed by atoms with van der Waals surface area (Å²) in [5, 5.41) is 0. The molecule has 1 aromatic rings. The van der Waals surface area contributed by atoms with E-state index in [1.807, 2.05) is 17.8 Å². The number of hydrogen-bond donors (Lipinski definition) is 0. The zero-order valence-electron chi connectivity index (χ0n) is 13.1. The quantitative estimate of drug-likeness (QED) is 0.610. The van der Waals surface area contributed by atoms with Crippen molar-refractivity contribution in [3.05, 3.63) is 29.3 Å². The van der Waals surface area contributed by atoms with Crippen LogP contribution in [0.5, 0.6) is 5.75 Å². The molecule has 2 aliphatic rings. The number of methoxy groups -OCH3 is 1. The first kappa shape index (κ1) is 15.6. The first-order valence-electron chi connectivity index (χ1n) is 8.14. The number of nitrogens with zero attached hydrogens (tertiary/aromatic N) is 1. The molecule has 0 spiro atoms. The van der Waals surface area contributed by atoms with Crippen LogP contribution in [0.4, 0.5) is 0 Å². The van der Waals surface area contributed by atoms with Gasteiger partial charge in [0.25, 0.3) is 0 Å². The molecule has 4 heteroatoms. The fourth-order valence-electron chi connectivity index (χ4n) is 3.86. The van der Waals surface area contributed by atoms with E-state index in [0.717, 1.165) is 37.0 Å². The van der Waals surface area contributed by atoms with Crippen LogP contribution in [0.15, 0.2) is 23.2 Å². The molecule has 0 aromatic heterocycles. The maximum absolute atomic E-state index is 11.0. The second kappa shape index (κ2) is 6.89. The summed E-state index contributed by atoms with van der Waals surface area (Å²) in [5.74, 6) is 3.97. The molecule has 0 atom stereocenters. The smallest absolute Gasteiger partial charge is 0.235 e. The van der Waals surface area contributed by atoms with Gasteiger partial charge in [-0.05, 0) is 60.8 Å². The zero-order chi connectivity index (χ0) is 15.4. The molecule has 22 heavy (non-hydrogen) atoms. The van der Waals surface area contributed by atoms with Crippen molar-refractivity contribution in [2.45, 2.75) is 50.0 Å². The predicted molar refractivity (Wildman–Crippen MR) is 90.6 cm³/mol. The molecule has 1 aliphatic heterocycles. The second-order valence-corrected chi connectivity index (χ2v) is 7.51.